The fourth-order valence-corrected chi connectivity index (χ4v) is 3.67. The molecule has 0 saturated heterocycles. The van der Waals surface area contributed by atoms with Gasteiger partial charge in [0.1, 0.15) is 5.76 Å². The van der Waals surface area contributed by atoms with E-state index in [1.54, 1.807) is 0 Å². The van der Waals surface area contributed by atoms with Gasteiger partial charge >= 0.3 is 0 Å². The Morgan fingerprint density at radius 2 is 2.12 bits per heavy atom. The lowest BCUT2D eigenvalue weighted by atomic mass is 9.92. The minimum atomic E-state index is 0.0501. The summed E-state index contributed by atoms with van der Waals surface area (Å²) in [5.74, 6) is 1.31. The van der Waals surface area contributed by atoms with Crippen molar-refractivity contribution in [2.45, 2.75) is 39.5 Å². The van der Waals surface area contributed by atoms with Crippen LogP contribution in [0.3, 0.4) is 0 Å². The number of carbonyl (C=O) groups excluding carboxylic acids is 1. The molecule has 1 aromatic heterocycles. The van der Waals surface area contributed by atoms with Gasteiger partial charge in [-0.1, -0.05) is 37.2 Å². The highest BCUT2D eigenvalue weighted by molar-refractivity contribution is 5.79. The SMILES string of the molecule is CCc1noc(CC)c1CC(=O)NC[C@@H]1Cc2ccccc2N(C)C1. The van der Waals surface area contributed by atoms with Crippen LogP contribution in [0, 0.1) is 5.92 Å². The number of hydrogen-bond acceptors (Lipinski definition) is 4. The third kappa shape index (κ3) is 3.86. The monoisotopic (exact) mass is 341 g/mol. The highest BCUT2D eigenvalue weighted by Gasteiger charge is 2.23. The summed E-state index contributed by atoms with van der Waals surface area (Å²) >= 11 is 0. The van der Waals surface area contributed by atoms with Crippen molar-refractivity contribution in [2.75, 3.05) is 25.0 Å². The van der Waals surface area contributed by atoms with Crippen molar-refractivity contribution in [3.05, 3.63) is 46.8 Å². The van der Waals surface area contributed by atoms with Crippen molar-refractivity contribution < 1.29 is 9.32 Å². The summed E-state index contributed by atoms with van der Waals surface area (Å²) in [5.41, 5.74) is 4.53. The Bertz CT molecular complexity index is 717. The van der Waals surface area contributed by atoms with Crippen LogP contribution in [0.1, 0.15) is 36.4 Å². The van der Waals surface area contributed by atoms with E-state index in [0.717, 1.165) is 42.8 Å². The molecule has 1 aliphatic rings. The van der Waals surface area contributed by atoms with E-state index in [-0.39, 0.29) is 5.91 Å². The predicted molar refractivity (Wildman–Crippen MR) is 98.9 cm³/mol. The van der Waals surface area contributed by atoms with Crippen molar-refractivity contribution >= 4 is 11.6 Å². The second kappa shape index (κ2) is 7.72. The Hall–Kier alpha value is -2.30. The molecular formula is C20H27N3O2. The van der Waals surface area contributed by atoms with E-state index in [1.165, 1.54) is 11.3 Å². The molecule has 5 nitrogen and oxygen atoms in total. The third-order valence-corrected chi connectivity index (χ3v) is 4.98. The molecule has 0 saturated carbocycles. The van der Waals surface area contributed by atoms with Crippen molar-refractivity contribution in [3.63, 3.8) is 0 Å². The number of carbonyl (C=O) groups is 1. The zero-order chi connectivity index (χ0) is 17.8. The average molecular weight is 341 g/mol. The first-order valence-corrected chi connectivity index (χ1v) is 9.14. The third-order valence-electron chi connectivity index (χ3n) is 4.98. The quantitative estimate of drug-likeness (QED) is 0.878. The van der Waals surface area contributed by atoms with E-state index in [4.69, 9.17) is 4.52 Å². The summed E-state index contributed by atoms with van der Waals surface area (Å²) in [4.78, 5) is 14.7. The van der Waals surface area contributed by atoms with Crippen LogP contribution in [0.4, 0.5) is 5.69 Å². The van der Waals surface area contributed by atoms with Gasteiger partial charge in [-0.15, -0.1) is 0 Å². The lowest BCUT2D eigenvalue weighted by Crippen LogP contribution is -2.40. The number of fused-ring (bicyclic) bond motifs is 1. The van der Waals surface area contributed by atoms with Gasteiger partial charge in [0.15, 0.2) is 0 Å². The Kier molecular flexibility index (Phi) is 5.41. The number of hydrogen-bond donors (Lipinski definition) is 1. The Balaban J connectivity index is 1.58. The number of nitrogens with one attached hydrogen (secondary N) is 1. The maximum atomic E-state index is 12.4. The maximum absolute atomic E-state index is 12.4. The van der Waals surface area contributed by atoms with Crippen LogP contribution in [0.15, 0.2) is 28.8 Å². The average Bonchev–Trinajstić information content (AvgIpc) is 3.01. The summed E-state index contributed by atoms with van der Waals surface area (Å²) in [6, 6.07) is 8.50. The highest BCUT2D eigenvalue weighted by atomic mass is 16.5. The van der Waals surface area contributed by atoms with Gasteiger partial charge in [-0.2, -0.15) is 0 Å². The van der Waals surface area contributed by atoms with Crippen LogP contribution in [0.2, 0.25) is 0 Å². The molecule has 134 valence electrons. The lowest BCUT2D eigenvalue weighted by Gasteiger charge is -2.33. The van der Waals surface area contributed by atoms with E-state index < -0.39 is 0 Å². The van der Waals surface area contributed by atoms with Gasteiger partial charge in [0, 0.05) is 37.8 Å². The van der Waals surface area contributed by atoms with E-state index in [9.17, 15) is 4.79 Å². The topological polar surface area (TPSA) is 58.4 Å². The molecular weight excluding hydrogens is 314 g/mol. The van der Waals surface area contributed by atoms with Crippen LogP contribution in [-0.2, 0) is 30.5 Å². The van der Waals surface area contributed by atoms with Crippen LogP contribution in [0.5, 0.6) is 0 Å². The molecule has 0 radical (unpaired) electrons. The first kappa shape index (κ1) is 17.5. The van der Waals surface area contributed by atoms with Crippen LogP contribution >= 0.6 is 0 Å². The Labute approximate surface area is 149 Å². The molecule has 1 atom stereocenters. The predicted octanol–water partition coefficient (Wildman–Crippen LogP) is 2.77. The molecule has 5 heteroatoms. The molecule has 1 aromatic carbocycles. The zero-order valence-electron chi connectivity index (χ0n) is 15.3. The molecule has 0 spiro atoms. The second-order valence-corrected chi connectivity index (χ2v) is 6.80. The largest absolute Gasteiger partial charge is 0.374 e. The van der Waals surface area contributed by atoms with Crippen molar-refractivity contribution in [2.24, 2.45) is 5.92 Å². The molecule has 3 rings (SSSR count). The number of aryl methyl sites for hydroxylation is 2. The minimum absolute atomic E-state index is 0.0501. The number of nitrogens with zero attached hydrogens (tertiary/aromatic N) is 2. The summed E-state index contributed by atoms with van der Waals surface area (Å²) in [6.07, 6.45) is 2.92. The Morgan fingerprint density at radius 1 is 1.32 bits per heavy atom. The molecule has 25 heavy (non-hydrogen) atoms. The smallest absolute Gasteiger partial charge is 0.224 e. The van der Waals surface area contributed by atoms with Crippen LogP contribution < -0.4 is 10.2 Å². The van der Waals surface area contributed by atoms with Crippen LogP contribution in [0.25, 0.3) is 0 Å². The van der Waals surface area contributed by atoms with E-state index in [2.05, 4.69) is 46.7 Å². The zero-order valence-corrected chi connectivity index (χ0v) is 15.3. The normalized spacial score (nSPS) is 16.6. The maximum Gasteiger partial charge on any atom is 0.224 e. The molecule has 0 aliphatic carbocycles. The van der Waals surface area contributed by atoms with Crippen molar-refractivity contribution in [3.8, 4) is 0 Å². The van der Waals surface area contributed by atoms with Gasteiger partial charge in [0.2, 0.25) is 5.91 Å². The van der Waals surface area contributed by atoms with Gasteiger partial charge in [0.25, 0.3) is 0 Å². The minimum Gasteiger partial charge on any atom is -0.374 e. The van der Waals surface area contributed by atoms with E-state index in [0.29, 0.717) is 18.9 Å². The molecule has 0 fully saturated rings. The summed E-state index contributed by atoms with van der Waals surface area (Å²) < 4.78 is 5.35. The first-order chi connectivity index (χ1) is 12.1. The van der Waals surface area contributed by atoms with Gasteiger partial charge in [-0.3, -0.25) is 4.79 Å². The van der Waals surface area contributed by atoms with E-state index in [1.807, 2.05) is 13.8 Å². The first-order valence-electron chi connectivity index (χ1n) is 9.14. The highest BCUT2D eigenvalue weighted by Crippen LogP contribution is 2.28. The fourth-order valence-electron chi connectivity index (χ4n) is 3.67. The molecule has 1 N–H and O–H groups in total. The number of amides is 1. The van der Waals surface area contributed by atoms with Crippen molar-refractivity contribution in [1.82, 2.24) is 10.5 Å². The standard InChI is InChI=1S/C20H27N3O2/c1-4-17-16(19(5-2)25-22-17)11-20(24)21-12-14-10-15-8-6-7-9-18(15)23(3)13-14/h6-9,14H,4-5,10-13H2,1-3H3,(H,21,24)/t14-/m0/s1. The van der Waals surface area contributed by atoms with Crippen LogP contribution in [-0.4, -0.2) is 31.2 Å². The fraction of sp³-hybridized carbons (Fsp3) is 0.500. The molecule has 2 aromatic rings. The van der Waals surface area contributed by atoms with Gasteiger partial charge in [-0.05, 0) is 30.4 Å². The number of aromatic nitrogens is 1. The lowest BCUT2D eigenvalue weighted by molar-refractivity contribution is -0.120. The molecule has 0 unspecified atom stereocenters. The molecule has 1 amide bonds. The van der Waals surface area contributed by atoms with Gasteiger partial charge in [0.05, 0.1) is 12.1 Å². The summed E-state index contributed by atoms with van der Waals surface area (Å²) in [6.45, 7) is 5.72. The number of anilines is 1. The Morgan fingerprint density at radius 3 is 2.88 bits per heavy atom. The number of benzene rings is 1. The van der Waals surface area contributed by atoms with E-state index >= 15 is 0 Å². The number of para-hydroxylation sites is 1. The molecule has 2 heterocycles. The number of rotatable bonds is 6. The summed E-state index contributed by atoms with van der Waals surface area (Å²) in [5, 5.41) is 7.19. The summed E-state index contributed by atoms with van der Waals surface area (Å²) in [7, 11) is 2.12. The van der Waals surface area contributed by atoms with Gasteiger partial charge in [-0.25, -0.2) is 0 Å². The van der Waals surface area contributed by atoms with Gasteiger partial charge < -0.3 is 14.7 Å². The molecule has 0 bridgehead atoms. The molecule has 1 aliphatic heterocycles. The van der Waals surface area contributed by atoms with Crippen molar-refractivity contribution in [1.29, 1.82) is 0 Å². The second-order valence-electron chi connectivity index (χ2n) is 6.80.